The molecular weight excluding hydrogens is 224 g/mol. The molecule has 1 aromatic rings. The van der Waals surface area contributed by atoms with Gasteiger partial charge in [-0.1, -0.05) is 0 Å². The van der Waals surface area contributed by atoms with Gasteiger partial charge in [0.2, 0.25) is 0 Å². The molecule has 0 unspecified atom stereocenters. The van der Waals surface area contributed by atoms with Crippen LogP contribution < -0.4 is 0 Å². The number of carbonyl (C=O) groups is 1. The molecule has 0 aliphatic rings. The molecule has 12 heavy (non-hydrogen) atoms. The Morgan fingerprint density at radius 2 is 2.42 bits per heavy atom. The monoisotopic (exact) mass is 230 g/mol. The zero-order valence-corrected chi connectivity index (χ0v) is 8.04. The van der Waals surface area contributed by atoms with Gasteiger partial charge in [0, 0.05) is 0 Å². The smallest absolute Gasteiger partial charge is 0.293 e. The number of nitrogens with zero attached hydrogens (tertiary/aromatic N) is 2. The SMILES string of the molecule is Cc1nc(Br)cc(COC=O)n1. The maximum absolute atomic E-state index is 9.87. The number of hydrogen-bond donors (Lipinski definition) is 0. The first kappa shape index (κ1) is 9.12. The Morgan fingerprint density at radius 3 is 3.00 bits per heavy atom. The fourth-order valence-corrected chi connectivity index (χ4v) is 1.30. The van der Waals surface area contributed by atoms with E-state index in [0.717, 1.165) is 0 Å². The van der Waals surface area contributed by atoms with Crippen molar-refractivity contribution < 1.29 is 9.53 Å². The second-order valence-electron chi connectivity index (χ2n) is 2.14. The summed E-state index contributed by atoms with van der Waals surface area (Å²) in [6, 6.07) is 1.70. The van der Waals surface area contributed by atoms with E-state index in [1.54, 1.807) is 13.0 Å². The summed E-state index contributed by atoms with van der Waals surface area (Å²) in [7, 11) is 0. The van der Waals surface area contributed by atoms with Gasteiger partial charge in [-0.25, -0.2) is 9.97 Å². The van der Waals surface area contributed by atoms with E-state index in [1.165, 1.54) is 0 Å². The summed E-state index contributed by atoms with van der Waals surface area (Å²) in [5.74, 6) is 0.647. The molecule has 4 nitrogen and oxygen atoms in total. The third-order valence-corrected chi connectivity index (χ3v) is 1.57. The van der Waals surface area contributed by atoms with Crippen LogP contribution in [0.4, 0.5) is 0 Å². The third kappa shape index (κ3) is 2.58. The first-order chi connectivity index (χ1) is 5.72. The van der Waals surface area contributed by atoms with Crippen molar-refractivity contribution in [2.45, 2.75) is 13.5 Å². The van der Waals surface area contributed by atoms with E-state index in [4.69, 9.17) is 0 Å². The molecule has 1 heterocycles. The zero-order valence-electron chi connectivity index (χ0n) is 6.45. The summed E-state index contributed by atoms with van der Waals surface area (Å²) in [4.78, 5) is 17.9. The molecular formula is C7H7BrN2O2. The normalized spacial score (nSPS) is 9.50. The van der Waals surface area contributed by atoms with Crippen molar-refractivity contribution in [2.24, 2.45) is 0 Å². The summed E-state index contributed by atoms with van der Waals surface area (Å²) in [6.07, 6.45) is 0. The first-order valence-corrected chi connectivity index (χ1v) is 4.07. The maximum atomic E-state index is 9.87. The van der Waals surface area contributed by atoms with Crippen LogP contribution in [0.1, 0.15) is 11.5 Å². The number of carbonyl (C=O) groups excluding carboxylic acids is 1. The lowest BCUT2D eigenvalue weighted by molar-refractivity contribution is -0.129. The highest BCUT2D eigenvalue weighted by Crippen LogP contribution is 2.08. The van der Waals surface area contributed by atoms with Crippen LogP contribution in [0.3, 0.4) is 0 Å². The van der Waals surface area contributed by atoms with Crippen LogP contribution in [0.25, 0.3) is 0 Å². The van der Waals surface area contributed by atoms with Crippen LogP contribution in [0.15, 0.2) is 10.7 Å². The van der Waals surface area contributed by atoms with Gasteiger partial charge in [0.25, 0.3) is 6.47 Å². The molecule has 5 heteroatoms. The molecule has 0 aliphatic heterocycles. The lowest BCUT2D eigenvalue weighted by Crippen LogP contribution is -1.98. The molecule has 64 valence electrons. The van der Waals surface area contributed by atoms with Crippen LogP contribution in [-0.2, 0) is 16.1 Å². The molecule has 0 saturated heterocycles. The number of aryl methyl sites for hydroxylation is 1. The van der Waals surface area contributed by atoms with Crippen molar-refractivity contribution in [2.75, 3.05) is 0 Å². The van der Waals surface area contributed by atoms with Crippen LogP contribution in [-0.4, -0.2) is 16.4 Å². The summed E-state index contributed by atoms with van der Waals surface area (Å²) in [5.41, 5.74) is 0.682. The second-order valence-corrected chi connectivity index (χ2v) is 2.95. The predicted molar refractivity (Wildman–Crippen MR) is 45.3 cm³/mol. The molecule has 1 rings (SSSR count). The number of hydrogen-bond acceptors (Lipinski definition) is 4. The molecule has 0 spiro atoms. The lowest BCUT2D eigenvalue weighted by atomic mass is 10.4. The number of rotatable bonds is 3. The van der Waals surface area contributed by atoms with Gasteiger partial charge in [0.05, 0.1) is 5.69 Å². The Labute approximate surface area is 78.1 Å². The van der Waals surface area contributed by atoms with Crippen molar-refractivity contribution in [1.82, 2.24) is 9.97 Å². The van der Waals surface area contributed by atoms with Gasteiger partial charge in [0.1, 0.15) is 17.0 Å². The van der Waals surface area contributed by atoms with Gasteiger partial charge < -0.3 is 4.74 Å². The lowest BCUT2D eigenvalue weighted by Gasteiger charge is -2.00. The van der Waals surface area contributed by atoms with Gasteiger partial charge in [-0.15, -0.1) is 0 Å². The molecule has 0 saturated carbocycles. The van der Waals surface area contributed by atoms with Crippen molar-refractivity contribution in [1.29, 1.82) is 0 Å². The first-order valence-electron chi connectivity index (χ1n) is 3.27. The third-order valence-electron chi connectivity index (χ3n) is 1.16. The Balaban J connectivity index is 2.78. The highest BCUT2D eigenvalue weighted by Gasteiger charge is 1.98. The van der Waals surface area contributed by atoms with Crippen LogP contribution in [0.2, 0.25) is 0 Å². The quantitative estimate of drug-likeness (QED) is 0.579. The fraction of sp³-hybridized carbons (Fsp3) is 0.286. The summed E-state index contributed by atoms with van der Waals surface area (Å²) < 4.78 is 5.23. The molecule has 1 aromatic heterocycles. The van der Waals surface area contributed by atoms with E-state index in [-0.39, 0.29) is 6.61 Å². The van der Waals surface area contributed by atoms with Gasteiger partial charge in [-0.3, -0.25) is 4.79 Å². The van der Waals surface area contributed by atoms with E-state index in [1.807, 2.05) is 0 Å². The van der Waals surface area contributed by atoms with Crippen LogP contribution in [0.5, 0.6) is 0 Å². The largest absolute Gasteiger partial charge is 0.461 e. The van der Waals surface area contributed by atoms with Gasteiger partial charge in [0.15, 0.2) is 0 Å². The molecule has 0 atom stereocenters. The van der Waals surface area contributed by atoms with E-state index < -0.39 is 0 Å². The van der Waals surface area contributed by atoms with E-state index in [0.29, 0.717) is 22.6 Å². The Kier molecular flexibility index (Phi) is 3.16. The Morgan fingerprint density at radius 1 is 1.67 bits per heavy atom. The van der Waals surface area contributed by atoms with Crippen molar-refractivity contribution in [3.8, 4) is 0 Å². The van der Waals surface area contributed by atoms with Crippen LogP contribution in [0, 0.1) is 6.92 Å². The molecule has 0 aliphatic carbocycles. The van der Waals surface area contributed by atoms with E-state index >= 15 is 0 Å². The average molecular weight is 231 g/mol. The molecule has 0 fully saturated rings. The molecule has 0 aromatic carbocycles. The minimum Gasteiger partial charge on any atom is -0.461 e. The number of ether oxygens (including phenoxy) is 1. The Bertz CT molecular complexity index is 270. The highest BCUT2D eigenvalue weighted by atomic mass is 79.9. The molecule has 0 amide bonds. The minimum atomic E-state index is 0.186. The minimum absolute atomic E-state index is 0.186. The van der Waals surface area contributed by atoms with Crippen molar-refractivity contribution >= 4 is 22.4 Å². The summed E-state index contributed by atoms with van der Waals surface area (Å²) >= 11 is 3.21. The fourth-order valence-electron chi connectivity index (χ4n) is 0.783. The van der Waals surface area contributed by atoms with Gasteiger partial charge >= 0.3 is 0 Å². The van der Waals surface area contributed by atoms with Crippen molar-refractivity contribution in [3.05, 3.63) is 22.2 Å². The average Bonchev–Trinajstić information content (AvgIpc) is 1.99. The molecule has 0 radical (unpaired) electrons. The van der Waals surface area contributed by atoms with E-state index in [9.17, 15) is 4.79 Å². The zero-order chi connectivity index (χ0) is 8.97. The summed E-state index contributed by atoms with van der Waals surface area (Å²) in [6.45, 7) is 2.35. The molecule has 0 N–H and O–H groups in total. The van der Waals surface area contributed by atoms with Crippen molar-refractivity contribution in [3.63, 3.8) is 0 Å². The highest BCUT2D eigenvalue weighted by molar-refractivity contribution is 9.10. The van der Waals surface area contributed by atoms with E-state index in [2.05, 4.69) is 30.6 Å². The standard InChI is InChI=1S/C7H7BrN2O2/c1-5-9-6(3-12-4-11)2-7(8)10-5/h2,4H,3H2,1H3. The molecule has 0 bridgehead atoms. The maximum Gasteiger partial charge on any atom is 0.293 e. The number of aromatic nitrogens is 2. The Hall–Kier alpha value is -0.970. The van der Waals surface area contributed by atoms with Gasteiger partial charge in [-0.05, 0) is 28.9 Å². The number of halogens is 1. The predicted octanol–water partition coefficient (Wildman–Crippen LogP) is 1.22. The van der Waals surface area contributed by atoms with Crippen LogP contribution >= 0.6 is 15.9 Å². The summed E-state index contributed by atoms with van der Waals surface area (Å²) in [5, 5.41) is 0. The second kappa shape index (κ2) is 4.15. The topological polar surface area (TPSA) is 52.1 Å². The van der Waals surface area contributed by atoms with Gasteiger partial charge in [-0.2, -0.15) is 0 Å².